The third-order valence-corrected chi connectivity index (χ3v) is 6.26. The van der Waals surface area contributed by atoms with Gasteiger partial charge in [-0.3, -0.25) is 14.5 Å². The van der Waals surface area contributed by atoms with Crippen molar-refractivity contribution >= 4 is 17.4 Å². The van der Waals surface area contributed by atoms with Crippen LogP contribution in [0.1, 0.15) is 52.5 Å². The van der Waals surface area contributed by atoms with Gasteiger partial charge in [-0.2, -0.15) is 0 Å². The van der Waals surface area contributed by atoms with Gasteiger partial charge in [0.05, 0.1) is 5.56 Å². The van der Waals surface area contributed by atoms with Crippen LogP contribution >= 0.6 is 0 Å². The molecule has 1 fully saturated rings. The number of halogens is 1. The molecule has 2 aromatic rings. The van der Waals surface area contributed by atoms with E-state index >= 15 is 0 Å². The zero-order chi connectivity index (χ0) is 22.2. The summed E-state index contributed by atoms with van der Waals surface area (Å²) in [5.74, 6) is 0.477. The molecule has 1 aliphatic heterocycles. The highest BCUT2D eigenvalue weighted by Gasteiger charge is 2.37. The van der Waals surface area contributed by atoms with Crippen LogP contribution in [0.25, 0.3) is 0 Å². The maximum atomic E-state index is 13.1. The molecule has 1 amide bonds. The number of amides is 1. The lowest BCUT2D eigenvalue weighted by Crippen LogP contribution is -2.48. The van der Waals surface area contributed by atoms with E-state index in [0.717, 1.165) is 38.4 Å². The van der Waals surface area contributed by atoms with Crippen LogP contribution in [0.15, 0.2) is 28.7 Å². The molecule has 1 aromatic carbocycles. The Morgan fingerprint density at radius 2 is 1.81 bits per heavy atom. The van der Waals surface area contributed by atoms with E-state index < -0.39 is 0 Å². The first-order valence-electron chi connectivity index (χ1n) is 10.9. The molecule has 4 rings (SSSR count). The first kappa shape index (κ1) is 21.6. The zero-order valence-corrected chi connectivity index (χ0v) is 18.5. The van der Waals surface area contributed by atoms with Gasteiger partial charge in [0.2, 0.25) is 0 Å². The predicted molar refractivity (Wildman–Crippen MR) is 117 cm³/mol. The fourth-order valence-corrected chi connectivity index (χ4v) is 4.59. The number of hydrogen-bond donors (Lipinski definition) is 1. The Hall–Kier alpha value is -2.67. The van der Waals surface area contributed by atoms with Crippen LogP contribution in [0.3, 0.4) is 0 Å². The second-order valence-corrected chi connectivity index (χ2v) is 9.36. The van der Waals surface area contributed by atoms with E-state index in [0.29, 0.717) is 36.3 Å². The van der Waals surface area contributed by atoms with Gasteiger partial charge in [-0.05, 0) is 36.6 Å². The summed E-state index contributed by atoms with van der Waals surface area (Å²) in [6.07, 6.45) is 1.14. The lowest BCUT2D eigenvalue weighted by atomic mass is 9.76. The number of anilines is 1. The second kappa shape index (κ2) is 8.46. The molecule has 0 radical (unpaired) electrons. The van der Waals surface area contributed by atoms with E-state index in [1.807, 2.05) is 26.0 Å². The fraction of sp³-hybridized carbons (Fsp3) is 0.500. The van der Waals surface area contributed by atoms with Crippen LogP contribution in [0.5, 0.6) is 0 Å². The molecule has 1 saturated heterocycles. The minimum Gasteiger partial charge on any atom is -0.455 e. The first-order chi connectivity index (χ1) is 14.7. The molecule has 31 heavy (non-hydrogen) atoms. The minimum atomic E-state index is -0.262. The highest BCUT2D eigenvalue weighted by molar-refractivity contribution is 6.03. The summed E-state index contributed by atoms with van der Waals surface area (Å²) in [5, 5.41) is 2.94. The Kier molecular flexibility index (Phi) is 5.88. The predicted octanol–water partition coefficient (Wildman–Crippen LogP) is 3.43. The quantitative estimate of drug-likeness (QED) is 0.792. The largest absolute Gasteiger partial charge is 0.455 e. The SMILES string of the molecule is Cc1c(C(=O)NCCN2CCN(c3ccc(F)cc3)CC2)oc2c1C(=O)CC(C)(C)C2. The number of rotatable bonds is 5. The topological polar surface area (TPSA) is 65.8 Å². The standard InChI is InChI=1S/C24H30FN3O3/c1-16-21-19(29)14-24(2,3)15-20(21)31-22(16)23(30)26-8-9-27-10-12-28(13-11-27)18-6-4-17(25)5-7-18/h4-7H,8-15H2,1-3H3,(H,26,30). The molecule has 0 saturated carbocycles. The molecule has 1 aromatic heterocycles. The van der Waals surface area contributed by atoms with Crippen molar-refractivity contribution in [2.24, 2.45) is 5.41 Å². The number of carbonyl (C=O) groups is 2. The van der Waals surface area contributed by atoms with Gasteiger partial charge in [0.25, 0.3) is 5.91 Å². The molecule has 7 heteroatoms. The fourth-order valence-electron chi connectivity index (χ4n) is 4.59. The molecule has 2 aliphatic rings. The first-order valence-corrected chi connectivity index (χ1v) is 10.9. The molecule has 1 N–H and O–H groups in total. The van der Waals surface area contributed by atoms with Crippen molar-refractivity contribution in [1.82, 2.24) is 10.2 Å². The summed E-state index contributed by atoms with van der Waals surface area (Å²) in [7, 11) is 0. The average Bonchev–Trinajstić information content (AvgIpc) is 3.04. The molecule has 0 unspecified atom stereocenters. The van der Waals surface area contributed by atoms with Gasteiger partial charge in [-0.1, -0.05) is 13.8 Å². The normalized spacial score (nSPS) is 18.7. The van der Waals surface area contributed by atoms with Gasteiger partial charge in [0, 0.05) is 63.4 Å². The molecular weight excluding hydrogens is 397 g/mol. The maximum absolute atomic E-state index is 13.1. The monoisotopic (exact) mass is 427 g/mol. The van der Waals surface area contributed by atoms with Crippen molar-refractivity contribution < 1.29 is 18.4 Å². The Labute approximate surface area is 182 Å². The van der Waals surface area contributed by atoms with Gasteiger partial charge in [0.15, 0.2) is 11.5 Å². The van der Waals surface area contributed by atoms with Crippen LogP contribution in [-0.4, -0.2) is 55.9 Å². The Morgan fingerprint density at radius 1 is 1.13 bits per heavy atom. The number of furan rings is 1. The zero-order valence-electron chi connectivity index (χ0n) is 18.5. The van der Waals surface area contributed by atoms with Gasteiger partial charge in [-0.15, -0.1) is 0 Å². The lowest BCUT2D eigenvalue weighted by molar-refractivity contribution is 0.0887. The number of carbonyl (C=O) groups excluding carboxylic acids is 2. The van der Waals surface area contributed by atoms with Crippen molar-refractivity contribution in [2.75, 3.05) is 44.2 Å². The van der Waals surface area contributed by atoms with Crippen LogP contribution in [0, 0.1) is 18.2 Å². The van der Waals surface area contributed by atoms with Crippen molar-refractivity contribution in [3.63, 3.8) is 0 Å². The summed E-state index contributed by atoms with van der Waals surface area (Å²) in [5.41, 5.74) is 2.14. The van der Waals surface area contributed by atoms with Crippen molar-refractivity contribution in [3.05, 3.63) is 52.7 Å². The molecule has 1 aliphatic carbocycles. The Balaban J connectivity index is 1.28. The highest BCUT2D eigenvalue weighted by atomic mass is 19.1. The molecule has 0 bridgehead atoms. The number of fused-ring (bicyclic) bond motifs is 1. The number of hydrogen-bond acceptors (Lipinski definition) is 5. The van der Waals surface area contributed by atoms with Gasteiger partial charge in [0.1, 0.15) is 11.6 Å². The molecule has 166 valence electrons. The van der Waals surface area contributed by atoms with E-state index in [9.17, 15) is 14.0 Å². The molecule has 0 atom stereocenters. The minimum absolute atomic E-state index is 0.0607. The third kappa shape index (κ3) is 4.66. The van der Waals surface area contributed by atoms with Crippen molar-refractivity contribution in [1.29, 1.82) is 0 Å². The van der Waals surface area contributed by atoms with E-state index in [1.165, 1.54) is 12.1 Å². The van der Waals surface area contributed by atoms with Gasteiger partial charge >= 0.3 is 0 Å². The van der Waals surface area contributed by atoms with Crippen molar-refractivity contribution in [3.8, 4) is 0 Å². The second-order valence-electron chi connectivity index (χ2n) is 9.36. The molecule has 6 nitrogen and oxygen atoms in total. The highest BCUT2D eigenvalue weighted by Crippen LogP contribution is 2.38. The average molecular weight is 428 g/mol. The lowest BCUT2D eigenvalue weighted by Gasteiger charge is -2.36. The molecular formula is C24H30FN3O3. The Morgan fingerprint density at radius 3 is 2.48 bits per heavy atom. The smallest absolute Gasteiger partial charge is 0.287 e. The third-order valence-electron chi connectivity index (χ3n) is 6.26. The number of piperazine rings is 1. The number of nitrogens with one attached hydrogen (secondary N) is 1. The number of Topliss-reactive ketones (excluding diaryl/α,β-unsaturated/α-hetero) is 1. The van der Waals surface area contributed by atoms with Gasteiger partial charge < -0.3 is 14.6 Å². The van der Waals surface area contributed by atoms with Gasteiger partial charge in [-0.25, -0.2) is 4.39 Å². The number of nitrogens with zero attached hydrogens (tertiary/aromatic N) is 2. The summed E-state index contributed by atoms with van der Waals surface area (Å²) in [6.45, 7) is 10.6. The number of benzene rings is 1. The van der Waals surface area contributed by atoms with E-state index in [2.05, 4.69) is 15.1 Å². The van der Waals surface area contributed by atoms with Crippen LogP contribution in [0.2, 0.25) is 0 Å². The van der Waals surface area contributed by atoms with E-state index in [-0.39, 0.29) is 28.7 Å². The molecule has 0 spiro atoms. The summed E-state index contributed by atoms with van der Waals surface area (Å²) >= 11 is 0. The van der Waals surface area contributed by atoms with Crippen LogP contribution in [0.4, 0.5) is 10.1 Å². The summed E-state index contributed by atoms with van der Waals surface area (Å²) < 4.78 is 18.9. The number of ketones is 1. The maximum Gasteiger partial charge on any atom is 0.287 e. The summed E-state index contributed by atoms with van der Waals surface area (Å²) in [6, 6.07) is 6.59. The summed E-state index contributed by atoms with van der Waals surface area (Å²) in [4.78, 5) is 29.7. The van der Waals surface area contributed by atoms with Crippen LogP contribution < -0.4 is 10.2 Å². The van der Waals surface area contributed by atoms with E-state index in [4.69, 9.17) is 4.42 Å². The van der Waals surface area contributed by atoms with Crippen molar-refractivity contribution in [2.45, 2.75) is 33.6 Å². The van der Waals surface area contributed by atoms with Crippen LogP contribution in [-0.2, 0) is 6.42 Å². The Bertz CT molecular complexity index is 973. The van der Waals surface area contributed by atoms with E-state index in [1.54, 1.807) is 6.92 Å². The molecule has 2 heterocycles.